The van der Waals surface area contributed by atoms with E-state index in [0.717, 1.165) is 22.2 Å². The van der Waals surface area contributed by atoms with Crippen LogP contribution in [0, 0.1) is 0 Å². The molecule has 30 heavy (non-hydrogen) atoms. The van der Waals surface area contributed by atoms with Gasteiger partial charge in [0, 0.05) is 22.9 Å². The molecular weight excluding hydrogens is 454 g/mol. The number of nitrogens with zero attached hydrogens (tertiary/aromatic N) is 2. The Labute approximate surface area is 176 Å². The summed E-state index contributed by atoms with van der Waals surface area (Å²) in [5.41, 5.74) is -3.03. The fourth-order valence-electron chi connectivity index (χ4n) is 2.73. The quantitative estimate of drug-likeness (QED) is 0.510. The van der Waals surface area contributed by atoms with E-state index in [0.29, 0.717) is 22.9 Å². The minimum Gasteiger partial charge on any atom is -0.286 e. The Hall–Kier alpha value is -2.20. The molecule has 0 unspecified atom stereocenters. The number of thioether (sulfide) groups is 1. The van der Waals surface area contributed by atoms with Gasteiger partial charge in [0.05, 0.1) is 17.7 Å². The normalized spacial score (nSPS) is 14.8. The first-order chi connectivity index (χ1) is 14.0. The van der Waals surface area contributed by atoms with Gasteiger partial charge in [-0.05, 0) is 29.8 Å². The number of amidine groups is 1. The summed E-state index contributed by atoms with van der Waals surface area (Å²) < 4.78 is 78.4. The molecule has 0 aromatic heterocycles. The van der Waals surface area contributed by atoms with E-state index in [2.05, 4.69) is 4.99 Å². The number of hydrogen-bond acceptors (Lipinski definition) is 3. The zero-order valence-corrected chi connectivity index (χ0v) is 16.6. The van der Waals surface area contributed by atoms with E-state index in [1.807, 2.05) is 0 Å². The van der Waals surface area contributed by atoms with E-state index < -0.39 is 35.0 Å². The molecule has 0 N–H and O–H groups in total. The number of benzene rings is 2. The first-order valence-electron chi connectivity index (χ1n) is 8.49. The molecule has 1 heterocycles. The van der Waals surface area contributed by atoms with Crippen molar-refractivity contribution in [3.63, 3.8) is 0 Å². The lowest BCUT2D eigenvalue weighted by molar-refractivity contribution is -0.143. The molecule has 0 saturated heterocycles. The Morgan fingerprint density at radius 3 is 2.20 bits per heavy atom. The predicted molar refractivity (Wildman–Crippen MR) is 103 cm³/mol. The molecule has 160 valence electrons. The summed E-state index contributed by atoms with van der Waals surface area (Å²) in [6.45, 7) is 0.253. The lowest BCUT2D eigenvalue weighted by Gasteiger charge is -2.20. The Morgan fingerprint density at radius 2 is 1.63 bits per heavy atom. The highest BCUT2D eigenvalue weighted by atomic mass is 35.5. The zero-order chi connectivity index (χ0) is 22.1. The molecule has 3 nitrogen and oxygen atoms in total. The summed E-state index contributed by atoms with van der Waals surface area (Å²) in [7, 11) is 0. The van der Waals surface area contributed by atoms with Crippen LogP contribution in [0.1, 0.15) is 27.0 Å². The Morgan fingerprint density at radius 1 is 1.03 bits per heavy atom. The number of carbonyl (C=O) groups is 1. The average Bonchev–Trinajstić information content (AvgIpc) is 3.13. The SMILES string of the molecule is O=C(c1cc(C(F)(F)F)cc(C(F)(F)F)c1)N1CCN=C1SCc1ccccc1Cl. The second-order valence-corrected chi connectivity index (χ2v) is 7.65. The van der Waals surface area contributed by atoms with E-state index in [-0.39, 0.29) is 24.3 Å². The smallest absolute Gasteiger partial charge is 0.286 e. The third-order valence-corrected chi connectivity index (χ3v) is 5.63. The van der Waals surface area contributed by atoms with Crippen molar-refractivity contribution in [2.45, 2.75) is 18.1 Å². The van der Waals surface area contributed by atoms with Crippen LogP contribution in [-0.4, -0.2) is 29.1 Å². The molecule has 2 aromatic carbocycles. The van der Waals surface area contributed by atoms with E-state index in [9.17, 15) is 31.1 Å². The van der Waals surface area contributed by atoms with Crippen LogP contribution in [0.2, 0.25) is 5.02 Å². The molecule has 1 aliphatic rings. The van der Waals surface area contributed by atoms with Gasteiger partial charge in [-0.15, -0.1) is 0 Å². The summed E-state index contributed by atoms with van der Waals surface area (Å²) in [5.74, 6) is -0.645. The highest BCUT2D eigenvalue weighted by Gasteiger charge is 2.38. The molecule has 0 bridgehead atoms. The summed E-state index contributed by atoms with van der Waals surface area (Å²) >= 11 is 7.21. The van der Waals surface area contributed by atoms with Crippen molar-refractivity contribution in [2.24, 2.45) is 4.99 Å². The van der Waals surface area contributed by atoms with Crippen LogP contribution in [0.5, 0.6) is 0 Å². The summed E-state index contributed by atoms with van der Waals surface area (Å²) in [6, 6.07) is 7.78. The van der Waals surface area contributed by atoms with Crippen LogP contribution in [0.25, 0.3) is 0 Å². The molecule has 1 aliphatic heterocycles. The van der Waals surface area contributed by atoms with Crippen molar-refractivity contribution in [3.05, 3.63) is 69.7 Å². The van der Waals surface area contributed by atoms with Gasteiger partial charge in [0.1, 0.15) is 0 Å². The van der Waals surface area contributed by atoms with Gasteiger partial charge >= 0.3 is 12.4 Å². The molecule has 0 radical (unpaired) electrons. The van der Waals surface area contributed by atoms with Crippen molar-refractivity contribution in [3.8, 4) is 0 Å². The van der Waals surface area contributed by atoms with Crippen molar-refractivity contribution < 1.29 is 31.1 Å². The van der Waals surface area contributed by atoms with Gasteiger partial charge in [0.2, 0.25) is 0 Å². The maximum Gasteiger partial charge on any atom is 0.416 e. The number of aliphatic imine (C=N–C) groups is 1. The number of carbonyl (C=O) groups excluding carboxylic acids is 1. The lowest BCUT2D eigenvalue weighted by atomic mass is 10.0. The highest BCUT2D eigenvalue weighted by Crippen LogP contribution is 2.37. The van der Waals surface area contributed by atoms with Crippen LogP contribution in [0.3, 0.4) is 0 Å². The molecule has 0 aliphatic carbocycles. The third-order valence-electron chi connectivity index (χ3n) is 4.20. The molecule has 1 amide bonds. The first-order valence-corrected chi connectivity index (χ1v) is 9.85. The predicted octanol–water partition coefficient (Wildman–Crippen LogP) is 6.12. The second-order valence-electron chi connectivity index (χ2n) is 6.30. The Balaban J connectivity index is 1.86. The minimum atomic E-state index is -5.03. The number of halogens is 7. The molecule has 11 heteroatoms. The second kappa shape index (κ2) is 8.50. The number of alkyl halides is 6. The van der Waals surface area contributed by atoms with Gasteiger partial charge in [-0.25, -0.2) is 0 Å². The number of hydrogen-bond donors (Lipinski definition) is 0. The maximum atomic E-state index is 13.1. The molecule has 0 saturated carbocycles. The van der Waals surface area contributed by atoms with Crippen molar-refractivity contribution >= 4 is 34.4 Å². The summed E-state index contributed by atoms with van der Waals surface area (Å²) in [5, 5.41) is 0.708. The molecular formula is C19H13ClF6N2OS. The molecule has 0 fully saturated rings. The van der Waals surface area contributed by atoms with Crippen LogP contribution in [0.4, 0.5) is 26.3 Å². The van der Waals surface area contributed by atoms with E-state index >= 15 is 0 Å². The first kappa shape index (κ1) is 22.5. The van der Waals surface area contributed by atoms with Gasteiger partial charge in [-0.2, -0.15) is 26.3 Å². The Kier molecular flexibility index (Phi) is 6.37. The Bertz CT molecular complexity index is 957. The largest absolute Gasteiger partial charge is 0.416 e. The van der Waals surface area contributed by atoms with Crippen LogP contribution < -0.4 is 0 Å². The van der Waals surface area contributed by atoms with Gasteiger partial charge in [0.25, 0.3) is 5.91 Å². The van der Waals surface area contributed by atoms with Crippen LogP contribution >= 0.6 is 23.4 Å². The fourth-order valence-corrected chi connectivity index (χ4v) is 4.06. The highest BCUT2D eigenvalue weighted by molar-refractivity contribution is 8.13. The van der Waals surface area contributed by atoms with E-state index in [1.165, 1.54) is 0 Å². The van der Waals surface area contributed by atoms with Gasteiger partial charge in [-0.1, -0.05) is 41.6 Å². The van der Waals surface area contributed by atoms with Crippen molar-refractivity contribution in [2.75, 3.05) is 13.1 Å². The van der Waals surface area contributed by atoms with Crippen molar-refractivity contribution in [1.82, 2.24) is 4.90 Å². The molecule has 0 spiro atoms. The van der Waals surface area contributed by atoms with Gasteiger partial charge < -0.3 is 0 Å². The lowest BCUT2D eigenvalue weighted by Crippen LogP contribution is -2.33. The monoisotopic (exact) mass is 466 g/mol. The third kappa shape index (κ3) is 5.10. The van der Waals surface area contributed by atoms with E-state index in [4.69, 9.17) is 11.6 Å². The van der Waals surface area contributed by atoms with Gasteiger partial charge in [0.15, 0.2) is 5.17 Å². The fraction of sp³-hybridized carbons (Fsp3) is 0.263. The van der Waals surface area contributed by atoms with Crippen molar-refractivity contribution in [1.29, 1.82) is 0 Å². The summed E-state index contributed by atoms with van der Waals surface area (Å²) in [4.78, 5) is 18.0. The standard InChI is InChI=1S/C19H13ClF6N2OS/c20-15-4-2-1-3-11(15)10-30-17-27-5-6-28(17)16(29)12-7-13(18(21,22)23)9-14(8-12)19(24,25)26/h1-4,7-9H,5-6,10H2. The topological polar surface area (TPSA) is 32.7 Å². The molecule has 2 aromatic rings. The van der Waals surface area contributed by atoms with E-state index in [1.54, 1.807) is 24.3 Å². The number of amides is 1. The van der Waals surface area contributed by atoms with Gasteiger partial charge in [-0.3, -0.25) is 14.7 Å². The van der Waals surface area contributed by atoms with Crippen LogP contribution in [-0.2, 0) is 18.1 Å². The molecule has 0 atom stereocenters. The summed E-state index contributed by atoms with van der Waals surface area (Å²) in [6.07, 6.45) is -10.1. The zero-order valence-electron chi connectivity index (χ0n) is 15.0. The van der Waals surface area contributed by atoms with Crippen LogP contribution in [0.15, 0.2) is 47.5 Å². The average molecular weight is 467 g/mol. The number of rotatable bonds is 3. The molecule has 3 rings (SSSR count). The maximum absolute atomic E-state index is 13.1. The minimum absolute atomic E-state index is 0.0120.